The molecule has 0 spiro atoms. The summed E-state index contributed by atoms with van der Waals surface area (Å²) in [5.41, 5.74) is 2.51. The van der Waals surface area contributed by atoms with Gasteiger partial charge in [0.25, 0.3) is 0 Å². The van der Waals surface area contributed by atoms with Gasteiger partial charge in [-0.25, -0.2) is 13.9 Å². The van der Waals surface area contributed by atoms with E-state index in [4.69, 9.17) is 5.11 Å². The van der Waals surface area contributed by atoms with Crippen LogP contribution in [-0.2, 0) is 19.5 Å². The van der Waals surface area contributed by atoms with Gasteiger partial charge in [-0.3, -0.25) is 0 Å². The average Bonchev–Trinajstić information content (AvgIpc) is 2.84. The summed E-state index contributed by atoms with van der Waals surface area (Å²) in [5, 5.41) is 17.1. The van der Waals surface area contributed by atoms with Crippen LogP contribution in [0.2, 0.25) is 0 Å². The van der Waals surface area contributed by atoms with Gasteiger partial charge in [0.15, 0.2) is 0 Å². The molecule has 0 bridgehead atoms. The molecule has 0 atom stereocenters. The number of amides is 1. The summed E-state index contributed by atoms with van der Waals surface area (Å²) < 4.78 is 15.5. The lowest BCUT2D eigenvalue weighted by molar-refractivity contribution is 0.139. The summed E-state index contributed by atoms with van der Waals surface area (Å²) in [5.74, 6) is -0.302. The number of hydrogen-bond donors (Lipinski definition) is 1. The first kappa shape index (κ1) is 14.0. The Morgan fingerprint density at radius 2 is 2.29 bits per heavy atom. The van der Waals surface area contributed by atoms with Crippen molar-refractivity contribution < 1.29 is 14.3 Å². The van der Waals surface area contributed by atoms with Crippen LogP contribution >= 0.6 is 15.9 Å². The van der Waals surface area contributed by atoms with Gasteiger partial charge in [-0.15, -0.1) is 5.10 Å². The number of carboxylic acid groups (broad SMARTS) is 1. The summed E-state index contributed by atoms with van der Waals surface area (Å²) >= 11 is 3.33. The molecule has 1 aromatic carbocycles. The van der Waals surface area contributed by atoms with Crippen molar-refractivity contribution in [1.29, 1.82) is 0 Å². The molecule has 8 heteroatoms. The third-order valence-corrected chi connectivity index (χ3v) is 4.22. The van der Waals surface area contributed by atoms with E-state index in [2.05, 4.69) is 26.2 Å². The van der Waals surface area contributed by atoms with Crippen molar-refractivity contribution in [3.05, 3.63) is 45.4 Å². The number of nitrogens with zero attached hydrogens (tertiary/aromatic N) is 4. The van der Waals surface area contributed by atoms with Gasteiger partial charge in [-0.2, -0.15) is 0 Å². The van der Waals surface area contributed by atoms with Gasteiger partial charge < -0.3 is 10.0 Å². The smallest absolute Gasteiger partial charge is 0.407 e. The van der Waals surface area contributed by atoms with Crippen LogP contribution in [0.25, 0.3) is 0 Å². The van der Waals surface area contributed by atoms with Crippen LogP contribution in [0.4, 0.5) is 9.18 Å². The quantitative estimate of drug-likeness (QED) is 0.897. The van der Waals surface area contributed by atoms with Gasteiger partial charge in [-0.1, -0.05) is 27.2 Å². The maximum atomic E-state index is 13.1. The molecule has 0 radical (unpaired) electrons. The first-order valence-corrected chi connectivity index (χ1v) is 7.17. The zero-order valence-electron chi connectivity index (χ0n) is 11.0. The van der Waals surface area contributed by atoms with Crippen molar-refractivity contribution >= 4 is 22.0 Å². The van der Waals surface area contributed by atoms with E-state index in [9.17, 15) is 9.18 Å². The second-order valence-electron chi connectivity index (χ2n) is 4.83. The predicted molar refractivity (Wildman–Crippen MR) is 75.4 cm³/mol. The third kappa shape index (κ3) is 2.76. The second-order valence-corrected chi connectivity index (χ2v) is 5.68. The molecular weight excluding hydrogens is 343 g/mol. The molecule has 0 fully saturated rings. The number of halogens is 2. The lowest BCUT2D eigenvalue weighted by Gasteiger charge is -2.23. The monoisotopic (exact) mass is 354 g/mol. The Morgan fingerprint density at radius 3 is 3.00 bits per heavy atom. The number of fused-ring (bicyclic) bond motifs is 1. The van der Waals surface area contributed by atoms with Gasteiger partial charge in [-0.05, 0) is 17.7 Å². The Bertz CT molecular complexity index is 703. The maximum Gasteiger partial charge on any atom is 0.407 e. The predicted octanol–water partition coefficient (Wildman–Crippen LogP) is 2.26. The minimum absolute atomic E-state index is 0.259. The highest BCUT2D eigenvalue weighted by Gasteiger charge is 2.25. The number of hydrogen-bond acceptors (Lipinski definition) is 3. The number of rotatable bonds is 2. The fourth-order valence-corrected chi connectivity index (χ4v) is 2.84. The standard InChI is InChI=1S/C13H12BrFN4O2/c14-10-5-9(15)2-1-8(10)6-19-12-3-4-18(13(20)21)7-11(12)16-17-19/h1-2,5H,3-4,6-7H2,(H,20,21). The van der Waals surface area contributed by atoms with E-state index < -0.39 is 6.09 Å². The molecule has 1 aliphatic heterocycles. The van der Waals surface area contributed by atoms with E-state index in [1.165, 1.54) is 17.0 Å². The Balaban J connectivity index is 1.84. The molecule has 110 valence electrons. The van der Waals surface area contributed by atoms with E-state index in [1.807, 2.05) is 0 Å². The molecule has 21 heavy (non-hydrogen) atoms. The first-order chi connectivity index (χ1) is 10.0. The van der Waals surface area contributed by atoms with E-state index >= 15 is 0 Å². The fraction of sp³-hybridized carbons (Fsp3) is 0.308. The largest absolute Gasteiger partial charge is 0.465 e. The Kier molecular flexibility index (Phi) is 3.62. The third-order valence-electron chi connectivity index (χ3n) is 3.48. The second kappa shape index (κ2) is 5.44. The molecule has 3 rings (SSSR count). The summed E-state index contributed by atoms with van der Waals surface area (Å²) in [6.45, 7) is 1.16. The molecule has 2 aromatic rings. The number of benzene rings is 1. The lowest BCUT2D eigenvalue weighted by Crippen LogP contribution is -2.35. The first-order valence-electron chi connectivity index (χ1n) is 6.37. The van der Waals surface area contributed by atoms with Crippen LogP contribution in [0, 0.1) is 5.82 Å². The van der Waals surface area contributed by atoms with Crippen molar-refractivity contribution in [2.45, 2.75) is 19.5 Å². The molecular formula is C13H12BrFN4O2. The lowest BCUT2D eigenvalue weighted by atomic mass is 10.1. The fourth-order valence-electron chi connectivity index (χ4n) is 2.37. The van der Waals surface area contributed by atoms with Gasteiger partial charge >= 0.3 is 6.09 Å². The topological polar surface area (TPSA) is 71.2 Å². The summed E-state index contributed by atoms with van der Waals surface area (Å²) in [4.78, 5) is 12.3. The molecule has 1 aromatic heterocycles. The van der Waals surface area contributed by atoms with Crippen LogP contribution in [0.5, 0.6) is 0 Å². The van der Waals surface area contributed by atoms with Crippen molar-refractivity contribution in [2.75, 3.05) is 6.54 Å². The SMILES string of the molecule is O=C(O)N1CCc2c(nnn2Cc2ccc(F)cc2Br)C1. The number of aromatic nitrogens is 3. The van der Waals surface area contributed by atoms with Crippen molar-refractivity contribution in [1.82, 2.24) is 19.9 Å². The Hall–Kier alpha value is -1.96. The molecule has 1 aliphatic rings. The molecule has 0 unspecified atom stereocenters. The highest BCUT2D eigenvalue weighted by atomic mass is 79.9. The molecule has 0 aliphatic carbocycles. The normalized spacial score (nSPS) is 14.1. The molecule has 0 saturated heterocycles. The maximum absolute atomic E-state index is 13.1. The van der Waals surface area contributed by atoms with Crippen LogP contribution in [0.15, 0.2) is 22.7 Å². The minimum atomic E-state index is -0.948. The molecule has 6 nitrogen and oxygen atoms in total. The van der Waals surface area contributed by atoms with Gasteiger partial charge in [0.1, 0.15) is 11.5 Å². The van der Waals surface area contributed by atoms with Crippen LogP contribution in [0.1, 0.15) is 17.0 Å². The molecule has 0 saturated carbocycles. The highest BCUT2D eigenvalue weighted by Crippen LogP contribution is 2.22. The summed E-state index contributed by atoms with van der Waals surface area (Å²) in [7, 11) is 0. The summed E-state index contributed by atoms with van der Waals surface area (Å²) in [6.07, 6.45) is -0.371. The van der Waals surface area contributed by atoms with Crippen molar-refractivity contribution in [3.63, 3.8) is 0 Å². The molecule has 1 amide bonds. The molecule has 2 heterocycles. The Labute approximate surface area is 128 Å². The van der Waals surface area contributed by atoms with Gasteiger partial charge in [0.05, 0.1) is 18.8 Å². The average molecular weight is 355 g/mol. The minimum Gasteiger partial charge on any atom is -0.465 e. The van der Waals surface area contributed by atoms with E-state index in [0.29, 0.717) is 29.7 Å². The van der Waals surface area contributed by atoms with E-state index in [-0.39, 0.29) is 12.4 Å². The molecule has 1 N–H and O–H groups in total. The van der Waals surface area contributed by atoms with Gasteiger partial charge in [0.2, 0.25) is 0 Å². The van der Waals surface area contributed by atoms with Crippen molar-refractivity contribution in [3.8, 4) is 0 Å². The Morgan fingerprint density at radius 1 is 1.48 bits per heavy atom. The highest BCUT2D eigenvalue weighted by molar-refractivity contribution is 9.10. The summed E-state index contributed by atoms with van der Waals surface area (Å²) in [6, 6.07) is 4.50. The zero-order valence-corrected chi connectivity index (χ0v) is 12.5. The van der Waals surface area contributed by atoms with Crippen LogP contribution < -0.4 is 0 Å². The van der Waals surface area contributed by atoms with Gasteiger partial charge in [0, 0.05) is 17.4 Å². The van der Waals surface area contributed by atoms with Crippen LogP contribution in [0.3, 0.4) is 0 Å². The van der Waals surface area contributed by atoms with E-state index in [0.717, 1.165) is 11.3 Å². The van der Waals surface area contributed by atoms with E-state index in [1.54, 1.807) is 10.7 Å². The van der Waals surface area contributed by atoms with Crippen molar-refractivity contribution in [2.24, 2.45) is 0 Å². The zero-order chi connectivity index (χ0) is 15.0. The number of carbonyl (C=O) groups is 1. The van der Waals surface area contributed by atoms with Crippen LogP contribution in [-0.4, -0.2) is 37.6 Å².